The van der Waals surface area contributed by atoms with Gasteiger partial charge < -0.3 is 0 Å². The molecule has 2 aliphatic rings. The van der Waals surface area contributed by atoms with Crippen molar-refractivity contribution in [3.8, 4) is 0 Å². The van der Waals surface area contributed by atoms with Crippen molar-refractivity contribution in [1.29, 1.82) is 0 Å². The fraction of sp³-hybridized carbons (Fsp3) is 0.714. The molecule has 102 valence electrons. The minimum atomic E-state index is -0.448. The van der Waals surface area contributed by atoms with E-state index in [0.717, 1.165) is 38.5 Å². The molecule has 4 unspecified atom stereocenters. The van der Waals surface area contributed by atoms with Crippen LogP contribution in [0.3, 0.4) is 0 Å². The highest BCUT2D eigenvalue weighted by Gasteiger charge is 2.37. The largest absolute Gasteiger partial charge is 0.251 e. The van der Waals surface area contributed by atoms with Gasteiger partial charge in [0.2, 0.25) is 0 Å². The minimum Gasteiger partial charge on any atom is -0.251 e. The number of allylic oxidation sites excluding steroid dienone is 4. The van der Waals surface area contributed by atoms with E-state index in [1.807, 2.05) is 0 Å². The lowest BCUT2D eigenvalue weighted by molar-refractivity contribution is -0.372. The van der Waals surface area contributed by atoms with E-state index in [1.54, 1.807) is 0 Å². The van der Waals surface area contributed by atoms with Gasteiger partial charge in [0.1, 0.15) is 12.2 Å². The van der Waals surface area contributed by atoms with Crippen LogP contribution in [0.25, 0.3) is 0 Å². The third-order valence-corrected chi connectivity index (χ3v) is 4.12. The Balaban J connectivity index is 2.02. The van der Waals surface area contributed by atoms with Crippen LogP contribution in [0, 0.1) is 11.8 Å². The summed E-state index contributed by atoms with van der Waals surface area (Å²) in [4.78, 5) is 9.31. The Labute approximate surface area is 108 Å². The summed E-state index contributed by atoms with van der Waals surface area (Å²) in [5.74, 6) is 0.422. The van der Waals surface area contributed by atoms with Crippen molar-refractivity contribution >= 4 is 0 Å². The maximum Gasteiger partial charge on any atom is 0.125 e. The zero-order chi connectivity index (χ0) is 12.8. The summed E-state index contributed by atoms with van der Waals surface area (Å²) < 4.78 is 0. The molecule has 2 N–H and O–H groups in total. The molecular formula is C14H22O4. The Kier molecular flexibility index (Phi) is 5.38. The van der Waals surface area contributed by atoms with Crippen molar-refractivity contribution in [2.75, 3.05) is 0 Å². The fourth-order valence-corrected chi connectivity index (χ4v) is 3.06. The second-order valence-electron chi connectivity index (χ2n) is 5.23. The van der Waals surface area contributed by atoms with Crippen LogP contribution in [-0.4, -0.2) is 22.7 Å². The summed E-state index contributed by atoms with van der Waals surface area (Å²) in [7, 11) is 0. The van der Waals surface area contributed by atoms with Crippen LogP contribution in [-0.2, 0) is 9.78 Å². The summed E-state index contributed by atoms with van der Waals surface area (Å²) in [6.45, 7) is 0. The Morgan fingerprint density at radius 3 is 1.50 bits per heavy atom. The molecule has 0 aromatic heterocycles. The standard InChI is InChI=1S/C14H22O4/c15-17-13(11-7-3-1-4-8-11)14(18-16)12-9-5-2-6-10-12/h1-3,5,11-16H,4,6-10H2. The highest BCUT2D eigenvalue weighted by molar-refractivity contribution is 4.98. The molecule has 0 bridgehead atoms. The van der Waals surface area contributed by atoms with E-state index in [1.165, 1.54) is 0 Å². The van der Waals surface area contributed by atoms with E-state index >= 15 is 0 Å². The smallest absolute Gasteiger partial charge is 0.125 e. The molecule has 4 nitrogen and oxygen atoms in total. The lowest BCUT2D eigenvalue weighted by Gasteiger charge is -2.34. The van der Waals surface area contributed by atoms with Crippen molar-refractivity contribution in [2.24, 2.45) is 11.8 Å². The lowest BCUT2D eigenvalue weighted by atomic mass is 9.79. The van der Waals surface area contributed by atoms with Crippen LogP contribution in [0.4, 0.5) is 0 Å². The monoisotopic (exact) mass is 254 g/mol. The van der Waals surface area contributed by atoms with Crippen molar-refractivity contribution in [3.63, 3.8) is 0 Å². The van der Waals surface area contributed by atoms with Gasteiger partial charge in [-0.15, -0.1) is 0 Å². The maximum absolute atomic E-state index is 9.18. The zero-order valence-electron chi connectivity index (χ0n) is 10.6. The van der Waals surface area contributed by atoms with Crippen LogP contribution in [0.15, 0.2) is 24.3 Å². The van der Waals surface area contributed by atoms with Crippen molar-refractivity contribution < 1.29 is 20.3 Å². The molecule has 0 aromatic rings. The van der Waals surface area contributed by atoms with Gasteiger partial charge in [-0.3, -0.25) is 10.5 Å². The summed E-state index contributed by atoms with van der Waals surface area (Å²) in [6.07, 6.45) is 13.3. The van der Waals surface area contributed by atoms with E-state index in [-0.39, 0.29) is 11.8 Å². The van der Waals surface area contributed by atoms with E-state index in [4.69, 9.17) is 0 Å². The summed E-state index contributed by atoms with van der Waals surface area (Å²) >= 11 is 0. The topological polar surface area (TPSA) is 58.9 Å². The summed E-state index contributed by atoms with van der Waals surface area (Å²) in [5.41, 5.74) is 0. The van der Waals surface area contributed by atoms with Gasteiger partial charge in [0.15, 0.2) is 0 Å². The highest BCUT2D eigenvalue weighted by Crippen LogP contribution is 2.33. The first-order valence-corrected chi connectivity index (χ1v) is 6.77. The molecule has 0 saturated carbocycles. The zero-order valence-corrected chi connectivity index (χ0v) is 10.6. The van der Waals surface area contributed by atoms with E-state index in [2.05, 4.69) is 34.1 Å². The van der Waals surface area contributed by atoms with Crippen molar-refractivity contribution in [1.82, 2.24) is 0 Å². The first-order chi connectivity index (χ1) is 8.86. The number of hydrogen-bond acceptors (Lipinski definition) is 4. The maximum atomic E-state index is 9.18. The fourth-order valence-electron chi connectivity index (χ4n) is 3.06. The third kappa shape index (κ3) is 3.20. The first-order valence-electron chi connectivity index (χ1n) is 6.77. The summed E-state index contributed by atoms with van der Waals surface area (Å²) in [5, 5.41) is 18.4. The third-order valence-electron chi connectivity index (χ3n) is 4.12. The molecule has 0 aliphatic heterocycles. The van der Waals surface area contributed by atoms with E-state index in [0.29, 0.717) is 0 Å². The van der Waals surface area contributed by atoms with Crippen molar-refractivity contribution in [2.45, 2.75) is 50.7 Å². The Morgan fingerprint density at radius 1 is 0.778 bits per heavy atom. The van der Waals surface area contributed by atoms with Crippen LogP contribution in [0.5, 0.6) is 0 Å². The number of rotatable bonds is 5. The normalized spacial score (nSPS) is 31.2. The average Bonchev–Trinajstić information content (AvgIpc) is 2.46. The molecule has 0 amide bonds. The second kappa shape index (κ2) is 7.04. The molecular weight excluding hydrogens is 232 g/mol. The molecule has 0 spiro atoms. The quantitative estimate of drug-likeness (QED) is 0.448. The molecule has 2 aliphatic carbocycles. The van der Waals surface area contributed by atoms with Gasteiger partial charge in [-0.25, -0.2) is 9.78 Å². The Hall–Kier alpha value is -0.680. The average molecular weight is 254 g/mol. The Morgan fingerprint density at radius 2 is 1.22 bits per heavy atom. The molecule has 4 heteroatoms. The van der Waals surface area contributed by atoms with Crippen LogP contribution in [0.2, 0.25) is 0 Å². The van der Waals surface area contributed by atoms with Crippen LogP contribution in [0.1, 0.15) is 38.5 Å². The minimum absolute atomic E-state index is 0.211. The molecule has 0 radical (unpaired) electrons. The summed E-state index contributed by atoms with van der Waals surface area (Å²) in [6, 6.07) is 0. The van der Waals surface area contributed by atoms with Gasteiger partial charge in [-0.2, -0.15) is 0 Å². The van der Waals surface area contributed by atoms with Crippen molar-refractivity contribution in [3.05, 3.63) is 24.3 Å². The second-order valence-corrected chi connectivity index (χ2v) is 5.23. The molecule has 4 atom stereocenters. The van der Waals surface area contributed by atoms with Crippen LogP contribution >= 0.6 is 0 Å². The molecule has 0 fully saturated rings. The molecule has 2 rings (SSSR count). The highest BCUT2D eigenvalue weighted by atomic mass is 17.1. The molecule has 0 aromatic carbocycles. The van der Waals surface area contributed by atoms with Gasteiger partial charge in [-0.05, 0) is 50.4 Å². The molecule has 0 heterocycles. The predicted octanol–water partition coefficient (Wildman–Crippen LogP) is 3.42. The lowest BCUT2D eigenvalue weighted by Crippen LogP contribution is -2.42. The van der Waals surface area contributed by atoms with E-state index < -0.39 is 12.2 Å². The van der Waals surface area contributed by atoms with Gasteiger partial charge in [-0.1, -0.05) is 24.3 Å². The Bertz CT molecular complexity index is 270. The van der Waals surface area contributed by atoms with Crippen LogP contribution < -0.4 is 0 Å². The SMILES string of the molecule is OOC(C1CC=CCC1)C(OO)C1CC=CCC1. The van der Waals surface area contributed by atoms with E-state index in [9.17, 15) is 10.5 Å². The first kappa shape index (κ1) is 13.7. The predicted molar refractivity (Wildman–Crippen MR) is 68.0 cm³/mol. The number of hydrogen-bond donors (Lipinski definition) is 2. The molecule has 0 saturated heterocycles. The molecule has 18 heavy (non-hydrogen) atoms. The van der Waals surface area contributed by atoms with Gasteiger partial charge >= 0.3 is 0 Å². The van der Waals surface area contributed by atoms with Gasteiger partial charge in [0.25, 0.3) is 0 Å². The van der Waals surface area contributed by atoms with Gasteiger partial charge in [0, 0.05) is 0 Å². The van der Waals surface area contributed by atoms with Gasteiger partial charge in [0.05, 0.1) is 0 Å².